The second kappa shape index (κ2) is 8.44. The molecule has 0 spiro atoms. The highest BCUT2D eigenvalue weighted by atomic mass is 35.5. The first-order valence-corrected chi connectivity index (χ1v) is 8.06. The number of hydrogen-bond acceptors (Lipinski definition) is 3. The molecule has 0 saturated carbocycles. The first-order valence-electron chi connectivity index (χ1n) is 7.68. The molecule has 0 fully saturated rings. The standard InChI is InChI=1S/C18H21ClN2O2/c1-2-3-7-16(18(20)22)21-13-9-11-14(12-10-13)23-17-8-5-4-6-15(17)19/h4-6,8-12,16,21H,2-3,7H2,1H3,(H2,20,22). The van der Waals surface area contributed by atoms with Gasteiger partial charge in [0, 0.05) is 5.69 Å². The Kier molecular flexibility index (Phi) is 6.29. The number of para-hydroxylation sites is 1. The molecule has 122 valence electrons. The first kappa shape index (κ1) is 17.2. The van der Waals surface area contributed by atoms with E-state index >= 15 is 0 Å². The highest BCUT2D eigenvalue weighted by Crippen LogP contribution is 2.29. The number of rotatable bonds is 8. The molecular formula is C18H21ClN2O2. The third-order valence-electron chi connectivity index (χ3n) is 3.45. The second-order valence-electron chi connectivity index (χ2n) is 5.30. The Morgan fingerprint density at radius 1 is 1.22 bits per heavy atom. The van der Waals surface area contributed by atoms with E-state index in [4.69, 9.17) is 22.1 Å². The number of carbonyl (C=O) groups excluding carboxylic acids is 1. The van der Waals surface area contributed by atoms with Gasteiger partial charge in [-0.25, -0.2) is 0 Å². The SMILES string of the molecule is CCCCC(Nc1ccc(Oc2ccccc2Cl)cc1)C(N)=O. The monoisotopic (exact) mass is 332 g/mol. The normalized spacial score (nSPS) is 11.7. The lowest BCUT2D eigenvalue weighted by molar-refractivity contribution is -0.118. The molecule has 0 aliphatic carbocycles. The summed E-state index contributed by atoms with van der Waals surface area (Å²) in [6.07, 6.45) is 2.70. The van der Waals surface area contributed by atoms with Gasteiger partial charge in [0.15, 0.2) is 0 Å². The molecule has 0 aromatic heterocycles. The molecule has 2 aromatic carbocycles. The van der Waals surface area contributed by atoms with Gasteiger partial charge in [-0.2, -0.15) is 0 Å². The van der Waals surface area contributed by atoms with Crippen LogP contribution in [0.5, 0.6) is 11.5 Å². The number of primary amides is 1. The van der Waals surface area contributed by atoms with E-state index in [1.54, 1.807) is 6.07 Å². The molecule has 5 heteroatoms. The number of amides is 1. The van der Waals surface area contributed by atoms with Gasteiger partial charge < -0.3 is 15.8 Å². The summed E-state index contributed by atoms with van der Waals surface area (Å²) in [6.45, 7) is 2.08. The van der Waals surface area contributed by atoms with Gasteiger partial charge in [-0.3, -0.25) is 4.79 Å². The number of benzene rings is 2. The molecule has 1 amide bonds. The number of nitrogens with two attached hydrogens (primary N) is 1. The first-order chi connectivity index (χ1) is 11.1. The Morgan fingerprint density at radius 3 is 2.52 bits per heavy atom. The van der Waals surface area contributed by atoms with E-state index in [0.717, 1.165) is 24.9 Å². The summed E-state index contributed by atoms with van der Waals surface area (Å²) >= 11 is 6.07. The number of carbonyl (C=O) groups is 1. The molecule has 0 aliphatic rings. The van der Waals surface area contributed by atoms with E-state index in [1.165, 1.54) is 0 Å². The molecule has 0 aliphatic heterocycles. The molecule has 1 unspecified atom stereocenters. The maximum atomic E-state index is 11.5. The zero-order valence-corrected chi connectivity index (χ0v) is 13.8. The predicted molar refractivity (Wildman–Crippen MR) is 94.1 cm³/mol. The van der Waals surface area contributed by atoms with Crippen molar-refractivity contribution in [2.24, 2.45) is 5.73 Å². The molecule has 2 aromatic rings. The average Bonchev–Trinajstić information content (AvgIpc) is 2.55. The Morgan fingerprint density at radius 2 is 1.91 bits per heavy atom. The lowest BCUT2D eigenvalue weighted by atomic mass is 10.1. The topological polar surface area (TPSA) is 64.3 Å². The van der Waals surface area contributed by atoms with Crippen LogP contribution in [0.1, 0.15) is 26.2 Å². The predicted octanol–water partition coefficient (Wildman–Crippen LogP) is 4.59. The van der Waals surface area contributed by atoms with Crippen LogP contribution in [-0.2, 0) is 4.79 Å². The van der Waals surface area contributed by atoms with Crippen LogP contribution in [-0.4, -0.2) is 11.9 Å². The van der Waals surface area contributed by atoms with Crippen LogP contribution in [0.4, 0.5) is 5.69 Å². The van der Waals surface area contributed by atoms with Crippen LogP contribution in [0.15, 0.2) is 48.5 Å². The molecule has 3 N–H and O–H groups in total. The minimum Gasteiger partial charge on any atom is -0.456 e. The fourth-order valence-corrected chi connectivity index (χ4v) is 2.34. The number of hydrogen-bond donors (Lipinski definition) is 2. The number of ether oxygens (including phenoxy) is 1. The van der Waals surface area contributed by atoms with E-state index in [1.807, 2.05) is 42.5 Å². The van der Waals surface area contributed by atoms with E-state index in [-0.39, 0.29) is 11.9 Å². The van der Waals surface area contributed by atoms with Gasteiger partial charge in [-0.15, -0.1) is 0 Å². The average molecular weight is 333 g/mol. The van der Waals surface area contributed by atoms with E-state index < -0.39 is 0 Å². The van der Waals surface area contributed by atoms with E-state index in [9.17, 15) is 4.79 Å². The van der Waals surface area contributed by atoms with Crippen LogP contribution in [0, 0.1) is 0 Å². The van der Waals surface area contributed by atoms with Crippen molar-refractivity contribution in [1.29, 1.82) is 0 Å². The van der Waals surface area contributed by atoms with Gasteiger partial charge in [0.25, 0.3) is 0 Å². The third-order valence-corrected chi connectivity index (χ3v) is 3.76. The van der Waals surface area contributed by atoms with Crippen molar-refractivity contribution >= 4 is 23.2 Å². The zero-order valence-electron chi connectivity index (χ0n) is 13.1. The quantitative estimate of drug-likeness (QED) is 0.743. The summed E-state index contributed by atoms with van der Waals surface area (Å²) in [4.78, 5) is 11.5. The molecule has 0 bridgehead atoms. The van der Waals surface area contributed by atoms with Crippen molar-refractivity contribution in [2.45, 2.75) is 32.2 Å². The summed E-state index contributed by atoms with van der Waals surface area (Å²) in [5.74, 6) is 0.940. The van der Waals surface area contributed by atoms with Crippen molar-refractivity contribution in [2.75, 3.05) is 5.32 Å². The van der Waals surface area contributed by atoms with Gasteiger partial charge in [-0.1, -0.05) is 43.5 Å². The maximum Gasteiger partial charge on any atom is 0.239 e. The van der Waals surface area contributed by atoms with Gasteiger partial charge in [0.1, 0.15) is 17.5 Å². The summed E-state index contributed by atoms with van der Waals surface area (Å²) < 4.78 is 5.73. The summed E-state index contributed by atoms with van der Waals surface area (Å²) in [5, 5.41) is 3.72. The molecule has 0 heterocycles. The largest absolute Gasteiger partial charge is 0.456 e. The fourth-order valence-electron chi connectivity index (χ4n) is 2.17. The highest BCUT2D eigenvalue weighted by Gasteiger charge is 2.14. The minimum absolute atomic E-state index is 0.338. The molecule has 4 nitrogen and oxygen atoms in total. The van der Waals surface area contributed by atoms with Crippen LogP contribution < -0.4 is 15.8 Å². The lowest BCUT2D eigenvalue weighted by Crippen LogP contribution is -2.35. The van der Waals surface area contributed by atoms with Crippen molar-refractivity contribution < 1.29 is 9.53 Å². The maximum absolute atomic E-state index is 11.5. The fraction of sp³-hybridized carbons (Fsp3) is 0.278. The number of anilines is 1. The number of nitrogens with one attached hydrogen (secondary N) is 1. The zero-order chi connectivity index (χ0) is 16.7. The molecule has 2 rings (SSSR count). The third kappa shape index (κ3) is 5.18. The van der Waals surface area contributed by atoms with Crippen molar-refractivity contribution in [1.82, 2.24) is 0 Å². The smallest absolute Gasteiger partial charge is 0.239 e. The number of unbranched alkanes of at least 4 members (excludes halogenated alkanes) is 1. The lowest BCUT2D eigenvalue weighted by Gasteiger charge is -2.16. The van der Waals surface area contributed by atoms with Crippen molar-refractivity contribution in [3.05, 3.63) is 53.6 Å². The molecule has 1 atom stereocenters. The van der Waals surface area contributed by atoms with Crippen LogP contribution in [0.3, 0.4) is 0 Å². The Hall–Kier alpha value is -2.20. The number of halogens is 1. The molecule has 0 radical (unpaired) electrons. The van der Waals surface area contributed by atoms with Crippen LogP contribution in [0.25, 0.3) is 0 Å². The molecule has 23 heavy (non-hydrogen) atoms. The van der Waals surface area contributed by atoms with E-state index in [0.29, 0.717) is 16.5 Å². The van der Waals surface area contributed by atoms with Gasteiger partial charge >= 0.3 is 0 Å². The summed E-state index contributed by atoms with van der Waals surface area (Å²) in [7, 11) is 0. The van der Waals surface area contributed by atoms with Gasteiger partial charge in [0.2, 0.25) is 5.91 Å². The van der Waals surface area contributed by atoms with Gasteiger partial charge in [0.05, 0.1) is 5.02 Å². The van der Waals surface area contributed by atoms with Crippen LogP contribution >= 0.6 is 11.6 Å². The van der Waals surface area contributed by atoms with Crippen molar-refractivity contribution in [3.63, 3.8) is 0 Å². The Balaban J connectivity index is 2.01. The van der Waals surface area contributed by atoms with E-state index in [2.05, 4.69) is 12.2 Å². The van der Waals surface area contributed by atoms with Crippen LogP contribution in [0.2, 0.25) is 5.02 Å². The molecule has 0 saturated heterocycles. The second-order valence-corrected chi connectivity index (χ2v) is 5.71. The molecular weight excluding hydrogens is 312 g/mol. The Labute approximate surface area is 141 Å². The minimum atomic E-state index is -0.356. The van der Waals surface area contributed by atoms with Gasteiger partial charge in [-0.05, 0) is 42.8 Å². The van der Waals surface area contributed by atoms with Crippen molar-refractivity contribution in [3.8, 4) is 11.5 Å². The Bertz CT molecular complexity index is 644. The summed E-state index contributed by atoms with van der Waals surface area (Å²) in [6, 6.07) is 14.3. The highest BCUT2D eigenvalue weighted by molar-refractivity contribution is 6.32. The summed E-state index contributed by atoms with van der Waals surface area (Å²) in [5.41, 5.74) is 6.26.